The maximum atomic E-state index is 6.26. The van der Waals surface area contributed by atoms with Gasteiger partial charge in [0.2, 0.25) is 0 Å². The molecule has 1 saturated carbocycles. The van der Waals surface area contributed by atoms with Crippen molar-refractivity contribution in [1.82, 2.24) is 4.90 Å². The topological polar surface area (TPSA) is 57.0 Å². The highest BCUT2D eigenvalue weighted by Crippen LogP contribution is 2.43. The van der Waals surface area contributed by atoms with Crippen molar-refractivity contribution in [3.63, 3.8) is 0 Å². The van der Waals surface area contributed by atoms with Crippen molar-refractivity contribution in [3.05, 3.63) is 0 Å². The number of hydrogen-bond donors (Lipinski definition) is 1. The molecule has 4 unspecified atom stereocenters. The summed E-state index contributed by atoms with van der Waals surface area (Å²) < 4.78 is 16.6. The number of nitrogens with zero attached hydrogens (tertiary/aromatic N) is 1. The molecule has 5 nitrogen and oxygen atoms in total. The first kappa shape index (κ1) is 11.9. The zero-order valence-corrected chi connectivity index (χ0v) is 10.6. The van der Waals surface area contributed by atoms with Gasteiger partial charge in [0.05, 0.1) is 25.2 Å². The second kappa shape index (κ2) is 4.17. The smallest absolute Gasteiger partial charge is 0.193 e. The molecule has 0 bridgehead atoms. The van der Waals surface area contributed by atoms with Crippen LogP contribution >= 0.6 is 0 Å². The lowest BCUT2D eigenvalue weighted by atomic mass is 9.67. The van der Waals surface area contributed by atoms with E-state index < -0.39 is 5.79 Å². The van der Waals surface area contributed by atoms with Crippen LogP contribution in [0.4, 0.5) is 0 Å². The van der Waals surface area contributed by atoms with Crippen LogP contribution in [0.5, 0.6) is 0 Å². The normalized spacial score (nSPS) is 44.6. The van der Waals surface area contributed by atoms with Gasteiger partial charge in [0, 0.05) is 32.8 Å². The molecule has 17 heavy (non-hydrogen) atoms. The third kappa shape index (κ3) is 1.64. The molecule has 2 N–H and O–H groups in total. The summed E-state index contributed by atoms with van der Waals surface area (Å²) in [6, 6.07) is 0.616. The van der Waals surface area contributed by atoms with Gasteiger partial charge in [-0.3, -0.25) is 4.90 Å². The molecule has 2 saturated heterocycles. The summed E-state index contributed by atoms with van der Waals surface area (Å²) in [5, 5.41) is 0. The molecule has 2 aliphatic heterocycles. The fourth-order valence-corrected chi connectivity index (χ4v) is 3.49. The lowest BCUT2D eigenvalue weighted by Crippen LogP contribution is -2.79. The van der Waals surface area contributed by atoms with Gasteiger partial charge in [-0.25, -0.2) is 0 Å². The fraction of sp³-hybridized carbons (Fsp3) is 1.00. The Hall–Kier alpha value is -0.200. The summed E-state index contributed by atoms with van der Waals surface area (Å²) >= 11 is 0. The highest BCUT2D eigenvalue weighted by atomic mass is 16.7. The van der Waals surface area contributed by atoms with Crippen LogP contribution in [0.3, 0.4) is 0 Å². The Balaban J connectivity index is 1.60. The minimum Gasteiger partial charge on any atom is -0.376 e. The van der Waals surface area contributed by atoms with E-state index in [1.807, 2.05) is 0 Å². The predicted octanol–water partition coefficient (Wildman–Crippen LogP) is -0.204. The van der Waals surface area contributed by atoms with Gasteiger partial charge in [0.15, 0.2) is 5.79 Å². The van der Waals surface area contributed by atoms with E-state index in [4.69, 9.17) is 19.9 Å². The number of nitrogens with two attached hydrogens (primary N) is 1. The Labute approximate surface area is 102 Å². The van der Waals surface area contributed by atoms with Crippen LogP contribution in [0.2, 0.25) is 0 Å². The van der Waals surface area contributed by atoms with Crippen molar-refractivity contribution in [2.45, 2.75) is 36.8 Å². The van der Waals surface area contributed by atoms with Crippen molar-refractivity contribution >= 4 is 0 Å². The van der Waals surface area contributed by atoms with E-state index >= 15 is 0 Å². The summed E-state index contributed by atoms with van der Waals surface area (Å²) in [6.45, 7) is 2.48. The number of hydrogen-bond acceptors (Lipinski definition) is 5. The fourth-order valence-electron chi connectivity index (χ4n) is 3.49. The highest BCUT2D eigenvalue weighted by molar-refractivity contribution is 5.11. The van der Waals surface area contributed by atoms with Crippen LogP contribution in [0, 0.1) is 5.92 Å². The second-order valence-electron chi connectivity index (χ2n) is 5.43. The van der Waals surface area contributed by atoms with E-state index in [1.165, 1.54) is 6.42 Å². The number of fused-ring (bicyclic) bond motifs is 1. The molecular weight excluding hydrogens is 220 g/mol. The molecule has 0 aromatic heterocycles. The third-order valence-electron chi connectivity index (χ3n) is 4.69. The van der Waals surface area contributed by atoms with Gasteiger partial charge in [0.1, 0.15) is 0 Å². The van der Waals surface area contributed by atoms with Gasteiger partial charge >= 0.3 is 0 Å². The zero-order valence-electron chi connectivity index (χ0n) is 10.6. The van der Waals surface area contributed by atoms with Crippen LogP contribution in [0.25, 0.3) is 0 Å². The lowest BCUT2D eigenvalue weighted by Gasteiger charge is -2.61. The minimum atomic E-state index is -0.417. The second-order valence-corrected chi connectivity index (χ2v) is 5.43. The highest BCUT2D eigenvalue weighted by Gasteiger charge is 2.58. The molecule has 98 valence electrons. The number of ether oxygens (including phenoxy) is 3. The molecular formula is C12H22N2O3. The van der Waals surface area contributed by atoms with Crippen molar-refractivity contribution in [2.75, 3.05) is 33.9 Å². The third-order valence-corrected chi connectivity index (χ3v) is 4.69. The molecule has 4 atom stereocenters. The zero-order chi connectivity index (χ0) is 12.0. The molecule has 1 aliphatic carbocycles. The van der Waals surface area contributed by atoms with Gasteiger partial charge in [-0.05, 0) is 12.8 Å². The van der Waals surface area contributed by atoms with Crippen LogP contribution in [0.1, 0.15) is 12.8 Å². The first-order valence-electron chi connectivity index (χ1n) is 6.42. The van der Waals surface area contributed by atoms with E-state index in [0.29, 0.717) is 18.1 Å². The van der Waals surface area contributed by atoms with Crippen molar-refractivity contribution in [1.29, 1.82) is 0 Å². The van der Waals surface area contributed by atoms with Crippen molar-refractivity contribution in [3.8, 4) is 0 Å². The Bertz CT molecular complexity index is 287. The molecule has 3 rings (SSSR count). The Kier molecular flexibility index (Phi) is 2.91. The number of likely N-dealkylation sites (tertiary alicyclic amines) is 1. The summed E-state index contributed by atoms with van der Waals surface area (Å²) in [4.78, 5) is 2.34. The van der Waals surface area contributed by atoms with Gasteiger partial charge in [0.25, 0.3) is 0 Å². The molecule has 3 fully saturated rings. The van der Waals surface area contributed by atoms with Crippen LogP contribution in [-0.4, -0.2) is 62.8 Å². The number of methoxy groups -OCH3 is 2. The molecule has 0 aromatic rings. The minimum absolute atomic E-state index is 0.256. The standard InChI is InChI=1S/C12H22N2O3/c1-15-12(16-2)6-14(7-12)10-9(13)8-4-3-5-17-11(8)10/h8-11H,3-7,13H2,1-2H3. The van der Waals surface area contributed by atoms with E-state index in [2.05, 4.69) is 4.90 Å². The average molecular weight is 242 g/mol. The first-order valence-corrected chi connectivity index (χ1v) is 6.42. The van der Waals surface area contributed by atoms with Gasteiger partial charge in [-0.1, -0.05) is 0 Å². The first-order chi connectivity index (χ1) is 8.21. The van der Waals surface area contributed by atoms with Gasteiger partial charge in [-0.2, -0.15) is 0 Å². The largest absolute Gasteiger partial charge is 0.376 e. The predicted molar refractivity (Wildman–Crippen MR) is 62.5 cm³/mol. The number of rotatable bonds is 3. The molecule has 0 aromatic carbocycles. The molecule has 5 heteroatoms. The quantitative estimate of drug-likeness (QED) is 0.694. The summed E-state index contributed by atoms with van der Waals surface area (Å²) in [7, 11) is 3.39. The van der Waals surface area contributed by atoms with Crippen LogP contribution in [0.15, 0.2) is 0 Å². The van der Waals surface area contributed by atoms with Crippen molar-refractivity contribution in [2.24, 2.45) is 11.7 Å². The molecule has 0 spiro atoms. The summed E-state index contributed by atoms with van der Waals surface area (Å²) in [6.07, 6.45) is 2.71. The molecule has 2 heterocycles. The van der Waals surface area contributed by atoms with Crippen LogP contribution in [-0.2, 0) is 14.2 Å². The monoisotopic (exact) mass is 242 g/mol. The Morgan fingerprint density at radius 2 is 2.00 bits per heavy atom. The Morgan fingerprint density at radius 3 is 2.65 bits per heavy atom. The Morgan fingerprint density at radius 1 is 1.29 bits per heavy atom. The summed E-state index contributed by atoms with van der Waals surface area (Å²) in [5.74, 6) is 0.147. The van der Waals surface area contributed by atoms with E-state index in [9.17, 15) is 0 Å². The van der Waals surface area contributed by atoms with E-state index in [1.54, 1.807) is 14.2 Å². The molecule has 0 radical (unpaired) electrons. The average Bonchev–Trinajstić information content (AvgIpc) is 2.32. The van der Waals surface area contributed by atoms with Gasteiger partial charge in [-0.15, -0.1) is 0 Å². The van der Waals surface area contributed by atoms with Crippen LogP contribution < -0.4 is 5.73 Å². The molecule has 0 amide bonds. The molecule has 3 aliphatic rings. The SMILES string of the molecule is COC1(OC)CN(C2C(N)C3CCCOC32)C1. The van der Waals surface area contributed by atoms with E-state index in [0.717, 1.165) is 26.1 Å². The van der Waals surface area contributed by atoms with Gasteiger partial charge < -0.3 is 19.9 Å². The van der Waals surface area contributed by atoms with Crippen molar-refractivity contribution < 1.29 is 14.2 Å². The van der Waals surface area contributed by atoms with E-state index in [-0.39, 0.29) is 6.04 Å². The lowest BCUT2D eigenvalue weighted by molar-refractivity contribution is -0.302. The maximum absolute atomic E-state index is 6.26. The summed E-state index contributed by atoms with van der Waals surface area (Å²) in [5.41, 5.74) is 6.26. The maximum Gasteiger partial charge on any atom is 0.193 e.